The van der Waals surface area contributed by atoms with Gasteiger partial charge in [0.15, 0.2) is 5.65 Å². The molecule has 0 saturated heterocycles. The Kier molecular flexibility index (Phi) is 1.12. The minimum atomic E-state index is 0.500. The van der Waals surface area contributed by atoms with E-state index in [9.17, 15) is 0 Å². The summed E-state index contributed by atoms with van der Waals surface area (Å²) in [5.74, 6) is 0.500. The van der Waals surface area contributed by atoms with Crippen molar-refractivity contribution in [3.05, 3.63) is 12.3 Å². The van der Waals surface area contributed by atoms with Crippen molar-refractivity contribution < 1.29 is 0 Å². The van der Waals surface area contributed by atoms with Crippen molar-refractivity contribution in [2.24, 2.45) is 0 Å². The highest BCUT2D eigenvalue weighted by Gasteiger charge is 2.01. The van der Waals surface area contributed by atoms with Gasteiger partial charge in [0.05, 0.1) is 5.39 Å². The van der Waals surface area contributed by atoms with Gasteiger partial charge in [-0.05, 0) is 0 Å². The maximum absolute atomic E-state index is 5.53. The molecule has 5 heteroatoms. The molecule has 0 atom stereocenters. The van der Waals surface area contributed by atoms with E-state index in [1.165, 1.54) is 0 Å². The second kappa shape index (κ2) is 1.98. The van der Waals surface area contributed by atoms with Gasteiger partial charge in [0, 0.05) is 6.20 Å². The minimum absolute atomic E-state index is 0.500. The lowest BCUT2D eigenvalue weighted by Gasteiger charge is -1.90. The Hall–Kier alpha value is -1.52. The summed E-state index contributed by atoms with van der Waals surface area (Å²) >= 11 is 0. The van der Waals surface area contributed by atoms with Gasteiger partial charge in [0.2, 0.25) is 0 Å². The summed E-state index contributed by atoms with van der Waals surface area (Å²) in [6, 6.07) is 1.74. The van der Waals surface area contributed by atoms with Crippen molar-refractivity contribution >= 4 is 30.2 Å². The first-order valence-electron chi connectivity index (χ1n) is 3.12. The van der Waals surface area contributed by atoms with Crippen LogP contribution in [0.25, 0.3) is 11.0 Å². The van der Waals surface area contributed by atoms with Gasteiger partial charge >= 0.3 is 0 Å². The van der Waals surface area contributed by atoms with Gasteiger partial charge in [-0.15, -0.1) is 0 Å². The van der Waals surface area contributed by atoms with E-state index in [0.29, 0.717) is 16.9 Å². The van der Waals surface area contributed by atoms with Crippen molar-refractivity contribution in [2.45, 2.75) is 0 Å². The molecule has 0 saturated carbocycles. The van der Waals surface area contributed by atoms with E-state index in [-0.39, 0.29) is 0 Å². The highest BCUT2D eigenvalue weighted by atomic mass is 15.2. The molecule has 0 aliphatic rings. The van der Waals surface area contributed by atoms with Crippen molar-refractivity contribution in [2.75, 3.05) is 5.73 Å². The molecule has 2 aromatic rings. The van der Waals surface area contributed by atoms with E-state index in [2.05, 4.69) is 15.2 Å². The number of pyridine rings is 1. The maximum Gasteiger partial charge on any atom is 0.183 e. The molecule has 0 spiro atoms. The zero-order valence-corrected chi connectivity index (χ0v) is 5.70. The molecule has 2 heterocycles. The lowest BCUT2D eigenvalue weighted by molar-refractivity contribution is 1.11. The van der Waals surface area contributed by atoms with Crippen LogP contribution >= 0.6 is 0 Å². The van der Waals surface area contributed by atoms with E-state index >= 15 is 0 Å². The van der Waals surface area contributed by atoms with Gasteiger partial charge in [0.1, 0.15) is 13.7 Å². The molecule has 0 aliphatic heterocycles. The number of nitrogens with one attached hydrogen (secondary N) is 1. The smallest absolute Gasteiger partial charge is 0.183 e. The van der Waals surface area contributed by atoms with E-state index in [1.54, 1.807) is 12.3 Å². The van der Waals surface area contributed by atoms with Crippen LogP contribution in [0.5, 0.6) is 0 Å². The Morgan fingerprint density at radius 2 is 2.36 bits per heavy atom. The summed E-state index contributed by atoms with van der Waals surface area (Å²) < 4.78 is 0. The third-order valence-electron chi connectivity index (χ3n) is 1.46. The molecular formula is C6H5BN4. The van der Waals surface area contributed by atoms with Gasteiger partial charge in [-0.1, -0.05) is 11.5 Å². The number of hydrogen-bond acceptors (Lipinski definition) is 3. The van der Waals surface area contributed by atoms with Gasteiger partial charge < -0.3 is 5.73 Å². The lowest BCUT2D eigenvalue weighted by Crippen LogP contribution is -2.01. The van der Waals surface area contributed by atoms with Crippen LogP contribution in [0.15, 0.2) is 12.3 Å². The Labute approximate surface area is 64.2 Å². The van der Waals surface area contributed by atoms with Crippen LogP contribution in [0.2, 0.25) is 0 Å². The van der Waals surface area contributed by atoms with Crippen LogP contribution in [0.4, 0.5) is 5.82 Å². The van der Waals surface area contributed by atoms with Gasteiger partial charge in [0.25, 0.3) is 0 Å². The summed E-state index contributed by atoms with van der Waals surface area (Å²) in [4.78, 5) is 3.95. The second-order valence-corrected chi connectivity index (χ2v) is 2.28. The summed E-state index contributed by atoms with van der Waals surface area (Å²) in [5.41, 5.74) is 6.71. The highest BCUT2D eigenvalue weighted by Crippen LogP contribution is 2.11. The molecule has 0 aromatic carbocycles. The molecule has 0 bridgehead atoms. The average molecular weight is 144 g/mol. The molecule has 52 valence electrons. The number of aromatic amines is 1. The number of anilines is 1. The highest BCUT2D eigenvalue weighted by molar-refractivity contribution is 6.33. The number of nitrogens with two attached hydrogens (primary N) is 1. The Balaban J connectivity index is 2.87. The van der Waals surface area contributed by atoms with Crippen LogP contribution < -0.4 is 11.2 Å². The number of nitrogens with zero attached hydrogens (tertiary/aromatic N) is 2. The van der Waals surface area contributed by atoms with Crippen molar-refractivity contribution in [3.8, 4) is 0 Å². The molecule has 0 amide bonds. The molecule has 0 aliphatic carbocycles. The van der Waals surface area contributed by atoms with E-state index in [0.717, 1.165) is 5.39 Å². The zero-order valence-electron chi connectivity index (χ0n) is 5.70. The molecule has 11 heavy (non-hydrogen) atoms. The first-order chi connectivity index (χ1) is 5.27. The van der Waals surface area contributed by atoms with E-state index in [4.69, 9.17) is 13.6 Å². The predicted molar refractivity (Wildman–Crippen MR) is 43.7 cm³/mol. The summed E-state index contributed by atoms with van der Waals surface area (Å²) in [5, 5.41) is 7.22. The Morgan fingerprint density at radius 1 is 1.55 bits per heavy atom. The third-order valence-corrected chi connectivity index (χ3v) is 1.46. The molecule has 2 radical (unpaired) electrons. The molecule has 0 unspecified atom stereocenters. The molecule has 2 rings (SSSR count). The fraction of sp³-hybridized carbons (Fsp3) is 0. The van der Waals surface area contributed by atoms with Gasteiger partial charge in [-0.2, -0.15) is 5.10 Å². The van der Waals surface area contributed by atoms with Crippen molar-refractivity contribution in [1.82, 2.24) is 15.2 Å². The van der Waals surface area contributed by atoms with Gasteiger partial charge in [-0.3, -0.25) is 5.10 Å². The largest absolute Gasteiger partial charge is 0.384 e. The number of aromatic nitrogens is 3. The fourth-order valence-corrected chi connectivity index (χ4v) is 0.934. The average Bonchev–Trinajstić information content (AvgIpc) is 2.33. The summed E-state index contributed by atoms with van der Waals surface area (Å²) in [6.45, 7) is 0. The number of rotatable bonds is 0. The molecule has 0 fully saturated rings. The van der Waals surface area contributed by atoms with Crippen LogP contribution in [0, 0.1) is 0 Å². The quantitative estimate of drug-likeness (QED) is 0.482. The maximum atomic E-state index is 5.53. The van der Waals surface area contributed by atoms with Crippen LogP contribution in [0.3, 0.4) is 0 Å². The Bertz CT molecular complexity index is 394. The first-order valence-corrected chi connectivity index (χ1v) is 3.12. The number of fused-ring (bicyclic) bond motifs is 1. The SMILES string of the molecule is [B]c1cnc2n[nH]c(N)c2c1. The third kappa shape index (κ3) is 0.850. The van der Waals surface area contributed by atoms with Crippen molar-refractivity contribution in [3.63, 3.8) is 0 Å². The van der Waals surface area contributed by atoms with Gasteiger partial charge in [-0.25, -0.2) is 4.98 Å². The number of hydrogen-bond donors (Lipinski definition) is 2. The monoisotopic (exact) mass is 144 g/mol. The lowest BCUT2D eigenvalue weighted by atomic mass is 9.98. The van der Waals surface area contributed by atoms with Crippen LogP contribution in [-0.4, -0.2) is 23.0 Å². The molecule has 3 N–H and O–H groups in total. The fourth-order valence-electron chi connectivity index (χ4n) is 0.934. The molecular weight excluding hydrogens is 139 g/mol. The summed E-state index contributed by atoms with van der Waals surface area (Å²) in [7, 11) is 5.49. The normalized spacial score (nSPS) is 10.5. The van der Waals surface area contributed by atoms with Crippen LogP contribution in [0.1, 0.15) is 0 Å². The van der Waals surface area contributed by atoms with Crippen molar-refractivity contribution in [1.29, 1.82) is 0 Å². The number of nitrogen functional groups attached to an aromatic ring is 1. The Morgan fingerprint density at radius 3 is 3.18 bits per heavy atom. The van der Waals surface area contributed by atoms with Crippen LogP contribution in [-0.2, 0) is 0 Å². The zero-order chi connectivity index (χ0) is 7.84. The van der Waals surface area contributed by atoms with E-state index in [1.807, 2.05) is 0 Å². The topological polar surface area (TPSA) is 67.6 Å². The summed E-state index contributed by atoms with van der Waals surface area (Å²) in [6.07, 6.45) is 1.54. The first kappa shape index (κ1) is 6.21. The standard InChI is InChI=1S/C6H5BN4/c7-3-1-4-5(8)10-11-6(4)9-2-3/h1-2H,(H3,8,9,10,11). The second-order valence-electron chi connectivity index (χ2n) is 2.28. The van der Waals surface area contributed by atoms with E-state index < -0.39 is 0 Å². The molecule has 2 aromatic heterocycles. The number of H-pyrrole nitrogens is 1. The minimum Gasteiger partial charge on any atom is -0.384 e. The molecule has 4 nitrogen and oxygen atoms in total. The predicted octanol–water partition coefficient (Wildman–Crippen LogP) is -0.666.